The quantitative estimate of drug-likeness (QED) is 0.152. The Hall–Kier alpha value is -1.67. The molecule has 0 spiro atoms. The molecule has 6 N–H and O–H groups in total. The van der Waals surface area contributed by atoms with Gasteiger partial charge in [-0.25, -0.2) is 4.98 Å². The van der Waals surface area contributed by atoms with Gasteiger partial charge in [0, 0.05) is 12.1 Å². The van der Waals surface area contributed by atoms with Crippen LogP contribution in [-0.4, -0.2) is 88.0 Å². The lowest BCUT2D eigenvalue weighted by molar-refractivity contribution is -0.0993. The Labute approximate surface area is 205 Å². The van der Waals surface area contributed by atoms with E-state index in [-0.39, 0.29) is 22.4 Å². The zero-order valence-electron chi connectivity index (χ0n) is 19.0. The molecule has 1 unspecified atom stereocenters. The second-order valence-electron chi connectivity index (χ2n) is 8.95. The second-order valence-corrected chi connectivity index (χ2v) is 11.1. The molecule has 5 atom stereocenters. The van der Waals surface area contributed by atoms with Crippen molar-refractivity contribution in [2.75, 3.05) is 18.5 Å². The van der Waals surface area contributed by atoms with Gasteiger partial charge in [-0.2, -0.15) is 4.68 Å². The molecule has 0 amide bonds. The van der Waals surface area contributed by atoms with Crippen LogP contribution in [-0.2, 0) is 14.0 Å². The summed E-state index contributed by atoms with van der Waals surface area (Å²) in [6, 6.07) is 1.92. The zero-order valence-corrected chi connectivity index (χ0v) is 20.6. The first-order valence-electron chi connectivity index (χ1n) is 11.1. The van der Waals surface area contributed by atoms with Gasteiger partial charge in [-0.1, -0.05) is 36.2 Å². The first kappa shape index (κ1) is 26.4. The van der Waals surface area contributed by atoms with Crippen molar-refractivity contribution in [3.63, 3.8) is 0 Å². The highest BCUT2D eigenvalue weighted by Crippen LogP contribution is 2.54. The molecule has 15 heteroatoms. The zero-order chi connectivity index (χ0) is 25.5. The number of rotatable bonds is 9. The van der Waals surface area contributed by atoms with E-state index in [2.05, 4.69) is 27.2 Å². The maximum absolute atomic E-state index is 12.0. The van der Waals surface area contributed by atoms with Gasteiger partial charge in [-0.15, -0.1) is 5.10 Å². The summed E-state index contributed by atoms with van der Waals surface area (Å²) in [5.41, 5.74) is 1.16. The Morgan fingerprint density at radius 3 is 2.66 bits per heavy atom. The molecule has 0 bridgehead atoms. The largest absolute Gasteiger partial charge is 0.392 e. The highest BCUT2D eigenvalue weighted by atomic mass is 35.5. The third-order valence-electron chi connectivity index (χ3n) is 6.53. The van der Waals surface area contributed by atoms with E-state index in [0.29, 0.717) is 11.2 Å². The molecule has 35 heavy (non-hydrogen) atoms. The van der Waals surface area contributed by atoms with Crippen LogP contribution in [0.4, 0.5) is 5.69 Å². The molecule has 0 aromatic carbocycles. The number of hydrogen-bond donors (Lipinski definition) is 6. The van der Waals surface area contributed by atoms with E-state index in [1.165, 1.54) is 11.6 Å². The van der Waals surface area contributed by atoms with Gasteiger partial charge in [-0.3, -0.25) is 4.57 Å². The molecule has 194 valence electrons. The van der Waals surface area contributed by atoms with Crippen LogP contribution < -0.4 is 5.32 Å². The molecule has 2 fully saturated rings. The predicted molar refractivity (Wildman–Crippen MR) is 125 cm³/mol. The van der Waals surface area contributed by atoms with Gasteiger partial charge in [0.25, 0.3) is 0 Å². The number of hydrogen-bond acceptors (Lipinski definition) is 10. The SMILES string of the molecule is C=C(C)C(CO)(OC[C@H]1O[C@@H](n2nnc3c(NC4CCCC4)cc(Cl)nc32)[C@H](O)[C@@H]1O)P(=O)(O)O. The molecule has 1 aliphatic carbocycles. The van der Waals surface area contributed by atoms with Crippen molar-refractivity contribution < 1.29 is 39.1 Å². The Balaban J connectivity index is 1.57. The fourth-order valence-corrected chi connectivity index (χ4v) is 5.59. The third kappa shape index (κ3) is 4.85. The summed E-state index contributed by atoms with van der Waals surface area (Å²) >= 11 is 6.23. The van der Waals surface area contributed by atoms with Crippen molar-refractivity contribution in [1.29, 1.82) is 0 Å². The summed E-state index contributed by atoms with van der Waals surface area (Å²) in [7, 11) is -5.01. The van der Waals surface area contributed by atoms with Gasteiger partial charge in [-0.05, 0) is 25.3 Å². The molecule has 4 rings (SSSR count). The number of ether oxygens (including phenoxy) is 2. The summed E-state index contributed by atoms with van der Waals surface area (Å²) in [6.07, 6.45) is -1.18. The summed E-state index contributed by atoms with van der Waals surface area (Å²) in [5, 5.41) is 40.3. The van der Waals surface area contributed by atoms with E-state index in [4.69, 9.17) is 21.1 Å². The van der Waals surface area contributed by atoms with Gasteiger partial charge in [0.05, 0.1) is 18.9 Å². The van der Waals surface area contributed by atoms with Crippen LogP contribution in [0.3, 0.4) is 0 Å². The normalized spacial score (nSPS) is 27.4. The lowest BCUT2D eigenvalue weighted by Gasteiger charge is -2.34. The van der Waals surface area contributed by atoms with E-state index < -0.39 is 50.7 Å². The monoisotopic (exact) mass is 533 g/mol. The average Bonchev–Trinajstić information content (AvgIpc) is 3.49. The van der Waals surface area contributed by atoms with E-state index >= 15 is 0 Å². The van der Waals surface area contributed by atoms with Crippen LogP contribution in [0.1, 0.15) is 38.8 Å². The van der Waals surface area contributed by atoms with E-state index in [9.17, 15) is 29.7 Å². The van der Waals surface area contributed by atoms with Crippen LogP contribution in [0.25, 0.3) is 11.2 Å². The molecule has 2 aromatic rings. The first-order chi connectivity index (χ1) is 16.5. The number of fused-ring (bicyclic) bond motifs is 1. The number of anilines is 1. The topological polar surface area (TPSA) is 192 Å². The van der Waals surface area contributed by atoms with E-state index in [1.54, 1.807) is 6.07 Å². The van der Waals surface area contributed by atoms with Gasteiger partial charge in [0.2, 0.25) is 5.34 Å². The summed E-state index contributed by atoms with van der Waals surface area (Å²) in [6.45, 7) is 3.19. The molecule has 13 nitrogen and oxygen atoms in total. The lowest BCUT2D eigenvalue weighted by atomic mass is 10.1. The van der Waals surface area contributed by atoms with Gasteiger partial charge in [0.15, 0.2) is 17.4 Å². The Morgan fingerprint density at radius 2 is 2.06 bits per heavy atom. The fraction of sp³-hybridized carbons (Fsp3) is 0.650. The van der Waals surface area contributed by atoms with Crippen molar-refractivity contribution in [2.24, 2.45) is 0 Å². The van der Waals surface area contributed by atoms with E-state index in [1.807, 2.05) is 0 Å². The van der Waals surface area contributed by atoms with Crippen LogP contribution in [0.2, 0.25) is 5.15 Å². The Bertz CT molecular complexity index is 1140. The van der Waals surface area contributed by atoms with Crippen LogP contribution in [0, 0.1) is 0 Å². The molecule has 1 saturated heterocycles. The molecular formula is C20H29ClN5O8P. The molecular weight excluding hydrogens is 505 g/mol. The number of halogens is 1. The van der Waals surface area contributed by atoms with Crippen molar-refractivity contribution in [1.82, 2.24) is 20.0 Å². The molecule has 2 aliphatic rings. The number of nitrogens with one attached hydrogen (secondary N) is 1. The lowest BCUT2D eigenvalue weighted by Crippen LogP contribution is -2.42. The van der Waals surface area contributed by atoms with Crippen LogP contribution >= 0.6 is 19.2 Å². The van der Waals surface area contributed by atoms with Crippen molar-refractivity contribution >= 4 is 36.0 Å². The van der Waals surface area contributed by atoms with Gasteiger partial charge >= 0.3 is 7.60 Å². The molecule has 1 saturated carbocycles. The number of nitrogens with zero attached hydrogens (tertiary/aromatic N) is 4. The molecule has 2 aromatic heterocycles. The Morgan fingerprint density at radius 1 is 1.37 bits per heavy atom. The molecule has 1 aliphatic heterocycles. The third-order valence-corrected chi connectivity index (χ3v) is 8.32. The number of aliphatic hydroxyl groups excluding tert-OH is 3. The Kier molecular flexibility index (Phi) is 7.54. The highest BCUT2D eigenvalue weighted by molar-refractivity contribution is 7.53. The van der Waals surface area contributed by atoms with Gasteiger partial charge < -0.3 is 39.9 Å². The molecule has 0 radical (unpaired) electrons. The maximum atomic E-state index is 12.0. The van der Waals surface area contributed by atoms with Gasteiger partial charge in [0.1, 0.15) is 23.5 Å². The smallest absolute Gasteiger partial charge is 0.363 e. The highest BCUT2D eigenvalue weighted by Gasteiger charge is 2.52. The number of aliphatic hydroxyl groups is 3. The minimum absolute atomic E-state index is 0.110. The van der Waals surface area contributed by atoms with Crippen molar-refractivity contribution in [2.45, 2.75) is 68.5 Å². The summed E-state index contributed by atoms with van der Waals surface area (Å²) < 4.78 is 24.3. The predicted octanol–water partition coefficient (Wildman–Crippen LogP) is 0.912. The fourth-order valence-electron chi connectivity index (χ4n) is 4.48. The average molecular weight is 534 g/mol. The number of pyridine rings is 1. The van der Waals surface area contributed by atoms with Crippen LogP contribution in [0.5, 0.6) is 0 Å². The maximum Gasteiger partial charge on any atom is 0.363 e. The van der Waals surface area contributed by atoms with E-state index in [0.717, 1.165) is 25.7 Å². The van der Waals surface area contributed by atoms with Crippen LogP contribution in [0.15, 0.2) is 18.2 Å². The second kappa shape index (κ2) is 10.0. The van der Waals surface area contributed by atoms with Crippen molar-refractivity contribution in [3.05, 3.63) is 23.4 Å². The van der Waals surface area contributed by atoms with Crippen molar-refractivity contribution in [3.8, 4) is 0 Å². The minimum Gasteiger partial charge on any atom is -0.392 e. The first-order valence-corrected chi connectivity index (χ1v) is 13.1. The summed E-state index contributed by atoms with van der Waals surface area (Å²) in [4.78, 5) is 23.7. The number of aromatic nitrogens is 4. The molecule has 3 heterocycles. The summed E-state index contributed by atoms with van der Waals surface area (Å²) in [5.74, 6) is 0. The standard InChI is InChI=1S/C20H29ClN5O8P/c1-10(2)20(9-27,35(30,31)32)33-8-13-16(28)17(29)19(34-13)26-18-15(24-25-26)12(7-14(21)23-18)22-11-5-3-4-6-11/h7,11,13,16-17,19,27-29H,1,3-6,8-9H2,2H3,(H,22,23)(H2,30,31,32)/t13-,16-,17-,19-,20?/m1/s1. The minimum atomic E-state index is -5.01.